The SMILES string of the molecule is CN(C)CCN1C(=O)[C@H]2[C@H](C1=O)[C@H]1C=C[C@H]2C1. The number of fused-ring (bicyclic) bond motifs is 5. The molecule has 2 aliphatic carbocycles. The van der Waals surface area contributed by atoms with Gasteiger partial charge in [-0.15, -0.1) is 0 Å². The number of carbonyl (C=O) groups excluding carboxylic acids is 2. The summed E-state index contributed by atoms with van der Waals surface area (Å²) >= 11 is 0. The van der Waals surface area contributed by atoms with Crippen molar-refractivity contribution in [3.8, 4) is 0 Å². The molecule has 3 aliphatic rings. The minimum Gasteiger partial charge on any atom is -0.308 e. The van der Waals surface area contributed by atoms with Gasteiger partial charge >= 0.3 is 0 Å². The number of amides is 2. The highest BCUT2D eigenvalue weighted by atomic mass is 16.2. The van der Waals surface area contributed by atoms with Gasteiger partial charge in [0, 0.05) is 13.1 Å². The molecule has 2 amide bonds. The van der Waals surface area contributed by atoms with Crippen LogP contribution in [-0.2, 0) is 9.59 Å². The van der Waals surface area contributed by atoms with E-state index in [2.05, 4.69) is 12.2 Å². The van der Waals surface area contributed by atoms with Crippen molar-refractivity contribution >= 4 is 11.8 Å². The molecule has 17 heavy (non-hydrogen) atoms. The number of likely N-dealkylation sites (tertiary alicyclic amines) is 1. The zero-order valence-corrected chi connectivity index (χ0v) is 10.3. The molecule has 1 aliphatic heterocycles. The highest BCUT2D eigenvalue weighted by Gasteiger charge is 2.58. The molecule has 1 saturated carbocycles. The fraction of sp³-hybridized carbons (Fsp3) is 0.692. The van der Waals surface area contributed by atoms with Gasteiger partial charge in [-0.3, -0.25) is 14.5 Å². The molecule has 3 rings (SSSR count). The van der Waals surface area contributed by atoms with Crippen molar-refractivity contribution in [3.05, 3.63) is 12.2 Å². The number of imide groups is 1. The summed E-state index contributed by atoms with van der Waals surface area (Å²) in [7, 11) is 3.91. The molecular weight excluding hydrogens is 216 g/mol. The first-order valence-electron chi connectivity index (χ1n) is 6.28. The number of nitrogens with zero attached hydrogens (tertiary/aromatic N) is 2. The van der Waals surface area contributed by atoms with Crippen LogP contribution >= 0.6 is 0 Å². The maximum Gasteiger partial charge on any atom is 0.233 e. The van der Waals surface area contributed by atoms with Crippen molar-refractivity contribution in [3.63, 3.8) is 0 Å². The zero-order valence-electron chi connectivity index (χ0n) is 10.3. The first-order valence-corrected chi connectivity index (χ1v) is 6.28. The molecule has 0 aromatic heterocycles. The molecule has 0 radical (unpaired) electrons. The van der Waals surface area contributed by atoms with Crippen molar-refractivity contribution in [2.24, 2.45) is 23.7 Å². The number of rotatable bonds is 3. The minimum absolute atomic E-state index is 0.0420. The molecule has 4 nitrogen and oxygen atoms in total. The summed E-state index contributed by atoms with van der Waals surface area (Å²) in [5, 5.41) is 0. The van der Waals surface area contributed by atoms with Crippen LogP contribution in [0, 0.1) is 23.7 Å². The Balaban J connectivity index is 1.78. The molecule has 0 spiro atoms. The van der Waals surface area contributed by atoms with Gasteiger partial charge in [0.25, 0.3) is 0 Å². The van der Waals surface area contributed by atoms with Gasteiger partial charge in [-0.25, -0.2) is 0 Å². The Morgan fingerprint density at radius 2 is 1.71 bits per heavy atom. The lowest BCUT2D eigenvalue weighted by Crippen LogP contribution is -2.38. The molecule has 4 atom stereocenters. The van der Waals surface area contributed by atoms with E-state index in [1.165, 1.54) is 4.90 Å². The Kier molecular flexibility index (Phi) is 2.36. The van der Waals surface area contributed by atoms with E-state index in [0.29, 0.717) is 18.4 Å². The van der Waals surface area contributed by atoms with Crippen LogP contribution in [0.15, 0.2) is 12.2 Å². The fourth-order valence-electron chi connectivity index (χ4n) is 3.48. The minimum atomic E-state index is -0.0420. The van der Waals surface area contributed by atoms with Crippen molar-refractivity contribution in [1.82, 2.24) is 9.80 Å². The Hall–Kier alpha value is -1.16. The summed E-state index contributed by atoms with van der Waals surface area (Å²) in [5.41, 5.74) is 0. The van der Waals surface area contributed by atoms with E-state index in [1.807, 2.05) is 19.0 Å². The van der Waals surface area contributed by atoms with Crippen LogP contribution in [-0.4, -0.2) is 48.8 Å². The third kappa shape index (κ3) is 1.47. The smallest absolute Gasteiger partial charge is 0.233 e. The molecule has 2 bridgehead atoms. The average molecular weight is 234 g/mol. The van der Waals surface area contributed by atoms with Crippen molar-refractivity contribution in [2.45, 2.75) is 6.42 Å². The van der Waals surface area contributed by atoms with Gasteiger partial charge in [-0.2, -0.15) is 0 Å². The summed E-state index contributed by atoms with van der Waals surface area (Å²) in [6.45, 7) is 1.29. The predicted octanol–water partition coefficient (Wildman–Crippen LogP) is 0.355. The second-order valence-electron chi connectivity index (χ2n) is 5.63. The van der Waals surface area contributed by atoms with Crippen LogP contribution in [0.3, 0.4) is 0 Å². The molecule has 1 heterocycles. The quantitative estimate of drug-likeness (QED) is 0.523. The standard InChI is InChI=1S/C13H18N2O2/c1-14(2)5-6-15-12(16)10-8-3-4-9(7-8)11(10)13(15)17/h3-4,8-11H,5-7H2,1-2H3/t8-,9-,10+,11+/m0/s1. The lowest BCUT2D eigenvalue weighted by Gasteiger charge is -2.19. The van der Waals surface area contributed by atoms with Crippen LogP contribution in [0.25, 0.3) is 0 Å². The molecular formula is C13H18N2O2. The summed E-state index contributed by atoms with van der Waals surface area (Å²) in [4.78, 5) is 28.0. The highest BCUT2D eigenvalue weighted by molar-refractivity contribution is 6.06. The first kappa shape index (κ1) is 11.0. The molecule has 92 valence electrons. The number of hydrogen-bond donors (Lipinski definition) is 0. The van der Waals surface area contributed by atoms with E-state index >= 15 is 0 Å². The van der Waals surface area contributed by atoms with E-state index in [9.17, 15) is 9.59 Å². The van der Waals surface area contributed by atoms with Crippen LogP contribution in [0.1, 0.15) is 6.42 Å². The van der Waals surface area contributed by atoms with Gasteiger partial charge in [-0.1, -0.05) is 12.2 Å². The molecule has 0 aromatic rings. The summed E-state index contributed by atoms with van der Waals surface area (Å²) in [6.07, 6.45) is 5.27. The number of allylic oxidation sites excluding steroid dienone is 2. The van der Waals surface area contributed by atoms with Gasteiger partial charge in [-0.05, 0) is 32.4 Å². The Bertz CT molecular complexity index is 372. The molecule has 4 heteroatoms. The molecule has 1 saturated heterocycles. The first-order chi connectivity index (χ1) is 8.09. The normalized spacial score (nSPS) is 38.6. The van der Waals surface area contributed by atoms with Crippen LogP contribution < -0.4 is 0 Å². The molecule has 0 N–H and O–H groups in total. The molecule has 2 fully saturated rings. The third-order valence-electron chi connectivity index (χ3n) is 4.33. The second-order valence-corrected chi connectivity index (χ2v) is 5.63. The Labute approximate surface area is 101 Å². The number of carbonyl (C=O) groups is 2. The Morgan fingerprint density at radius 1 is 1.18 bits per heavy atom. The van der Waals surface area contributed by atoms with Gasteiger partial charge in [0.1, 0.15) is 0 Å². The number of hydrogen-bond acceptors (Lipinski definition) is 3. The van der Waals surface area contributed by atoms with Gasteiger partial charge < -0.3 is 4.90 Å². The van der Waals surface area contributed by atoms with Crippen LogP contribution in [0.4, 0.5) is 0 Å². The zero-order chi connectivity index (χ0) is 12.2. The van der Waals surface area contributed by atoms with Gasteiger partial charge in [0.05, 0.1) is 11.8 Å². The third-order valence-corrected chi connectivity index (χ3v) is 4.33. The van der Waals surface area contributed by atoms with Gasteiger partial charge in [0.15, 0.2) is 0 Å². The summed E-state index contributed by atoms with van der Waals surface area (Å²) < 4.78 is 0. The highest BCUT2D eigenvalue weighted by Crippen LogP contribution is 2.52. The molecule has 0 unspecified atom stereocenters. The summed E-state index contributed by atoms with van der Waals surface area (Å²) in [5.74, 6) is 0.702. The predicted molar refractivity (Wildman–Crippen MR) is 63.0 cm³/mol. The van der Waals surface area contributed by atoms with Crippen LogP contribution in [0.2, 0.25) is 0 Å². The van der Waals surface area contributed by atoms with Crippen molar-refractivity contribution in [2.75, 3.05) is 27.2 Å². The van der Waals surface area contributed by atoms with Gasteiger partial charge in [0.2, 0.25) is 11.8 Å². The van der Waals surface area contributed by atoms with E-state index in [4.69, 9.17) is 0 Å². The van der Waals surface area contributed by atoms with E-state index in [0.717, 1.165) is 13.0 Å². The Morgan fingerprint density at radius 3 is 2.18 bits per heavy atom. The van der Waals surface area contributed by atoms with Crippen molar-refractivity contribution in [1.29, 1.82) is 0 Å². The topological polar surface area (TPSA) is 40.6 Å². The van der Waals surface area contributed by atoms with E-state index in [-0.39, 0.29) is 23.7 Å². The second kappa shape index (κ2) is 3.67. The largest absolute Gasteiger partial charge is 0.308 e. The number of likely N-dealkylation sites (N-methyl/N-ethyl adjacent to an activating group) is 1. The summed E-state index contributed by atoms with van der Waals surface area (Å²) in [6, 6.07) is 0. The monoisotopic (exact) mass is 234 g/mol. The lowest BCUT2D eigenvalue weighted by atomic mass is 9.85. The maximum absolute atomic E-state index is 12.3. The van der Waals surface area contributed by atoms with E-state index < -0.39 is 0 Å². The molecule has 0 aromatic carbocycles. The lowest BCUT2D eigenvalue weighted by molar-refractivity contribution is -0.140. The van der Waals surface area contributed by atoms with Crippen LogP contribution in [0.5, 0.6) is 0 Å². The fourth-order valence-corrected chi connectivity index (χ4v) is 3.48. The van der Waals surface area contributed by atoms with E-state index in [1.54, 1.807) is 0 Å². The van der Waals surface area contributed by atoms with Crippen molar-refractivity contribution < 1.29 is 9.59 Å². The average Bonchev–Trinajstić information content (AvgIpc) is 2.92. The maximum atomic E-state index is 12.3.